The minimum absolute atomic E-state index is 0.176. The first-order valence-electron chi connectivity index (χ1n) is 11.5. The number of amides is 1. The van der Waals surface area contributed by atoms with Gasteiger partial charge in [0.25, 0.3) is 0 Å². The normalized spacial score (nSPS) is 25.9. The van der Waals surface area contributed by atoms with Crippen molar-refractivity contribution in [2.45, 2.75) is 37.5 Å². The Morgan fingerprint density at radius 3 is 2.49 bits per heavy atom. The topological polar surface area (TPSA) is 106 Å². The van der Waals surface area contributed by atoms with Crippen molar-refractivity contribution < 1.29 is 45.2 Å². The molecule has 0 bridgehead atoms. The maximum atomic E-state index is 14.7. The Bertz CT molecular complexity index is 1260. The number of ether oxygens (including phenoxy) is 1. The van der Waals surface area contributed by atoms with E-state index in [9.17, 15) is 31.1 Å². The SMILES string of the molecule is [2H]C([2H])([2H])Oc1c([C@H]2[C@H](C(=O)Nc3ccc(F)c(C(=N)NO)c3)N[C@@](C)(C(F)(F)F)[C@H]2C)ccc(F)c1F. The summed E-state index contributed by atoms with van der Waals surface area (Å²) in [4.78, 5) is 13.3. The van der Waals surface area contributed by atoms with Gasteiger partial charge >= 0.3 is 6.18 Å². The van der Waals surface area contributed by atoms with Gasteiger partial charge in [0.05, 0.1) is 22.8 Å². The maximum absolute atomic E-state index is 14.7. The lowest BCUT2D eigenvalue weighted by Crippen LogP contribution is -2.56. The summed E-state index contributed by atoms with van der Waals surface area (Å²) in [5, 5.41) is 20.9. The Labute approximate surface area is 200 Å². The van der Waals surface area contributed by atoms with Gasteiger partial charge in [-0.2, -0.15) is 17.6 Å². The van der Waals surface area contributed by atoms with Crippen molar-refractivity contribution in [2.75, 3.05) is 12.4 Å². The summed E-state index contributed by atoms with van der Waals surface area (Å²) in [6.07, 6.45) is -4.95. The molecule has 35 heavy (non-hydrogen) atoms. The average molecular weight is 507 g/mol. The van der Waals surface area contributed by atoms with Crippen LogP contribution >= 0.6 is 0 Å². The molecule has 0 radical (unpaired) electrons. The molecule has 1 saturated heterocycles. The maximum Gasteiger partial charge on any atom is 0.406 e. The van der Waals surface area contributed by atoms with Crippen molar-refractivity contribution >= 4 is 17.4 Å². The van der Waals surface area contributed by atoms with E-state index in [1.165, 1.54) is 5.48 Å². The Balaban J connectivity index is 2.12. The number of carbonyl (C=O) groups is 1. The number of benzene rings is 2. The third-order valence-electron chi connectivity index (χ3n) is 6.29. The van der Waals surface area contributed by atoms with Crippen LogP contribution in [0.5, 0.6) is 5.75 Å². The van der Waals surface area contributed by atoms with Gasteiger partial charge in [-0.3, -0.25) is 26.2 Å². The number of nitrogens with one attached hydrogen (secondary N) is 4. The van der Waals surface area contributed by atoms with Crippen LogP contribution in [0.1, 0.15) is 35.0 Å². The minimum Gasteiger partial charge on any atom is -0.493 e. The van der Waals surface area contributed by atoms with Gasteiger partial charge in [-0.1, -0.05) is 13.0 Å². The van der Waals surface area contributed by atoms with Gasteiger partial charge in [0.15, 0.2) is 17.4 Å². The Morgan fingerprint density at radius 2 is 1.89 bits per heavy atom. The number of amidine groups is 1. The minimum atomic E-state index is -4.95. The van der Waals surface area contributed by atoms with Crippen molar-refractivity contribution in [3.8, 4) is 5.75 Å². The van der Waals surface area contributed by atoms with E-state index >= 15 is 0 Å². The van der Waals surface area contributed by atoms with Crippen molar-refractivity contribution in [1.29, 1.82) is 5.41 Å². The molecule has 0 aromatic heterocycles. The monoisotopic (exact) mass is 507 g/mol. The predicted octanol–water partition coefficient (Wildman–Crippen LogP) is 4.07. The number of methoxy groups -OCH3 is 1. The van der Waals surface area contributed by atoms with Crippen LogP contribution < -0.4 is 20.9 Å². The first kappa shape index (κ1) is 22.2. The van der Waals surface area contributed by atoms with E-state index in [1.54, 1.807) is 0 Å². The molecule has 0 unspecified atom stereocenters. The van der Waals surface area contributed by atoms with Crippen LogP contribution in [0.2, 0.25) is 0 Å². The second kappa shape index (κ2) is 9.38. The second-order valence-electron chi connectivity index (χ2n) is 8.19. The quantitative estimate of drug-likeness (QED) is 0.182. The molecule has 5 N–H and O–H groups in total. The van der Waals surface area contributed by atoms with Crippen LogP contribution in [-0.4, -0.2) is 41.7 Å². The van der Waals surface area contributed by atoms with Gasteiger partial charge in [-0.05, 0) is 37.1 Å². The molecular weight excluding hydrogens is 482 g/mol. The molecule has 1 heterocycles. The van der Waals surface area contributed by atoms with Gasteiger partial charge < -0.3 is 10.1 Å². The molecule has 1 amide bonds. The zero-order valence-corrected chi connectivity index (χ0v) is 18.2. The molecule has 2 aromatic rings. The highest BCUT2D eigenvalue weighted by Crippen LogP contribution is 2.51. The summed E-state index contributed by atoms with van der Waals surface area (Å²) in [7, 11) is -3.31. The van der Waals surface area contributed by atoms with E-state index in [2.05, 4.69) is 15.4 Å². The Hall–Kier alpha value is -3.32. The smallest absolute Gasteiger partial charge is 0.406 e. The lowest BCUT2D eigenvalue weighted by atomic mass is 9.76. The molecule has 0 spiro atoms. The zero-order chi connectivity index (χ0) is 28.8. The van der Waals surface area contributed by atoms with Gasteiger partial charge in [0, 0.05) is 17.2 Å². The fraction of sp³-hybridized carbons (Fsp3) is 0.364. The van der Waals surface area contributed by atoms with E-state index in [1.807, 2.05) is 0 Å². The molecule has 0 saturated carbocycles. The molecule has 1 fully saturated rings. The highest BCUT2D eigenvalue weighted by molar-refractivity contribution is 6.00. The van der Waals surface area contributed by atoms with Crippen LogP contribution in [0.25, 0.3) is 0 Å². The van der Waals surface area contributed by atoms with Crippen molar-refractivity contribution in [1.82, 2.24) is 10.8 Å². The lowest BCUT2D eigenvalue weighted by Gasteiger charge is -2.33. The largest absolute Gasteiger partial charge is 0.493 e. The lowest BCUT2D eigenvalue weighted by molar-refractivity contribution is -0.198. The Kier molecular flexibility index (Phi) is 5.94. The molecule has 3 rings (SSSR count). The number of alkyl halides is 3. The number of halogens is 6. The summed E-state index contributed by atoms with van der Waals surface area (Å²) in [5.41, 5.74) is -2.49. The molecule has 2 aromatic carbocycles. The summed E-state index contributed by atoms with van der Waals surface area (Å²) < 4.78 is 112. The highest BCUT2D eigenvalue weighted by atomic mass is 19.4. The highest BCUT2D eigenvalue weighted by Gasteiger charge is 2.64. The standard InChI is InChI=1S/C22H22F6N4O3/c1-9-15(11-5-7-14(24)16(25)18(11)35-3)17(31-21(9,2)22(26,27)28)20(33)30-10-4-6-13(23)12(8-10)19(29)32-34/h4-9,15,17,31,34H,1-3H3,(H2,29,32)(H,30,33)/t9-,15-,17+,21+/m0/s1/i3D3. The number of rotatable bonds is 5. The summed E-state index contributed by atoms with van der Waals surface area (Å²) >= 11 is 0. The molecule has 4 atom stereocenters. The van der Waals surface area contributed by atoms with Crippen molar-refractivity contribution in [2.24, 2.45) is 5.92 Å². The van der Waals surface area contributed by atoms with Crippen LogP contribution in [-0.2, 0) is 4.79 Å². The van der Waals surface area contributed by atoms with Gasteiger partial charge in [-0.25, -0.2) is 8.78 Å². The zero-order valence-electron chi connectivity index (χ0n) is 21.2. The van der Waals surface area contributed by atoms with Crippen LogP contribution in [0.4, 0.5) is 32.0 Å². The van der Waals surface area contributed by atoms with E-state index in [0.717, 1.165) is 38.1 Å². The van der Waals surface area contributed by atoms with E-state index in [0.29, 0.717) is 6.07 Å². The van der Waals surface area contributed by atoms with E-state index in [-0.39, 0.29) is 5.69 Å². The van der Waals surface area contributed by atoms with Crippen molar-refractivity contribution in [3.05, 3.63) is 58.9 Å². The van der Waals surface area contributed by atoms with Crippen LogP contribution in [0, 0.1) is 28.8 Å². The van der Waals surface area contributed by atoms with Gasteiger partial charge in [-0.15, -0.1) is 0 Å². The molecule has 1 aliphatic heterocycles. The van der Waals surface area contributed by atoms with Crippen LogP contribution in [0.15, 0.2) is 30.3 Å². The van der Waals surface area contributed by atoms with E-state index < -0.39 is 82.7 Å². The van der Waals surface area contributed by atoms with Gasteiger partial charge in [0.2, 0.25) is 11.7 Å². The third kappa shape index (κ3) is 4.52. The Morgan fingerprint density at radius 1 is 1.23 bits per heavy atom. The molecule has 190 valence electrons. The third-order valence-corrected chi connectivity index (χ3v) is 6.29. The molecule has 7 nitrogen and oxygen atoms in total. The predicted molar refractivity (Wildman–Crippen MR) is 113 cm³/mol. The molecule has 13 heteroatoms. The number of anilines is 1. The number of carbonyl (C=O) groups excluding carboxylic acids is 1. The van der Waals surface area contributed by atoms with Gasteiger partial charge in [0.1, 0.15) is 11.4 Å². The fourth-order valence-electron chi connectivity index (χ4n) is 4.20. The number of hydrogen-bond donors (Lipinski definition) is 5. The average Bonchev–Trinajstić information content (AvgIpc) is 3.09. The van der Waals surface area contributed by atoms with E-state index in [4.69, 9.17) is 14.7 Å². The van der Waals surface area contributed by atoms with Crippen LogP contribution in [0.3, 0.4) is 0 Å². The first-order chi connectivity index (χ1) is 17.4. The second-order valence-corrected chi connectivity index (χ2v) is 8.19. The summed E-state index contributed by atoms with van der Waals surface area (Å²) in [6.45, 7) is 1.86. The van der Waals surface area contributed by atoms with Crippen molar-refractivity contribution in [3.63, 3.8) is 0 Å². The summed E-state index contributed by atoms with van der Waals surface area (Å²) in [5.74, 6) is -10.4. The molecule has 1 aliphatic rings. The first-order valence-corrected chi connectivity index (χ1v) is 10.0. The number of hydroxylamine groups is 1. The fourth-order valence-corrected chi connectivity index (χ4v) is 4.20. The molecular formula is C22H22F6N4O3. The summed E-state index contributed by atoms with van der Waals surface area (Å²) in [6, 6.07) is 2.41. The molecule has 0 aliphatic carbocycles. The number of hydrogen-bond acceptors (Lipinski definition) is 5.